The summed E-state index contributed by atoms with van der Waals surface area (Å²) in [5, 5.41) is 0. The number of rotatable bonds is 2. The third kappa shape index (κ3) is 3.87. The molecule has 0 aliphatic carbocycles. The van der Waals surface area contributed by atoms with Crippen LogP contribution in [0.15, 0.2) is 42.5 Å². The summed E-state index contributed by atoms with van der Waals surface area (Å²) in [6.07, 6.45) is 0.529. The number of hydrogen-bond donors (Lipinski definition) is 0. The van der Waals surface area contributed by atoms with Gasteiger partial charge in [0.05, 0.1) is 5.56 Å². The van der Waals surface area contributed by atoms with Gasteiger partial charge in [-0.25, -0.2) is 13.2 Å². The van der Waals surface area contributed by atoms with Gasteiger partial charge in [0.25, 0.3) is 11.8 Å². The highest BCUT2D eigenvalue weighted by Crippen LogP contribution is 2.15. The van der Waals surface area contributed by atoms with E-state index in [1.165, 1.54) is 29.2 Å². The van der Waals surface area contributed by atoms with Crippen LogP contribution in [-0.2, 0) is 0 Å². The van der Waals surface area contributed by atoms with E-state index in [1.54, 1.807) is 4.90 Å². The maximum Gasteiger partial charge on any atom is 0.256 e. The van der Waals surface area contributed by atoms with Crippen molar-refractivity contribution in [3.05, 3.63) is 71.0 Å². The van der Waals surface area contributed by atoms with E-state index in [-0.39, 0.29) is 24.6 Å². The second kappa shape index (κ2) is 7.59. The molecule has 1 heterocycles. The summed E-state index contributed by atoms with van der Waals surface area (Å²) in [7, 11) is 0. The molecular weight excluding hydrogens is 345 g/mol. The molecule has 0 bridgehead atoms. The molecule has 2 aromatic rings. The normalized spacial score (nSPS) is 14.9. The van der Waals surface area contributed by atoms with Crippen LogP contribution in [0.5, 0.6) is 0 Å². The van der Waals surface area contributed by atoms with Crippen molar-refractivity contribution >= 4 is 11.8 Å². The fourth-order valence-corrected chi connectivity index (χ4v) is 2.93. The summed E-state index contributed by atoms with van der Waals surface area (Å²) < 4.78 is 39.8. The lowest BCUT2D eigenvalue weighted by Crippen LogP contribution is -2.37. The predicted octanol–water partition coefficient (Wildman–Crippen LogP) is 3.09. The second-order valence-corrected chi connectivity index (χ2v) is 6.07. The Labute approximate surface area is 148 Å². The Bertz CT molecular complexity index is 824. The first kappa shape index (κ1) is 18.0. The van der Waals surface area contributed by atoms with Gasteiger partial charge in [0.15, 0.2) is 0 Å². The average Bonchev–Trinajstić information content (AvgIpc) is 2.87. The lowest BCUT2D eigenvalue weighted by molar-refractivity contribution is 0.0716. The van der Waals surface area contributed by atoms with Crippen LogP contribution in [0.2, 0.25) is 0 Å². The highest BCUT2D eigenvalue weighted by molar-refractivity contribution is 5.95. The average molecular weight is 362 g/mol. The van der Waals surface area contributed by atoms with Crippen molar-refractivity contribution in [3.63, 3.8) is 0 Å². The summed E-state index contributed by atoms with van der Waals surface area (Å²) >= 11 is 0. The van der Waals surface area contributed by atoms with Gasteiger partial charge in [-0.05, 0) is 42.8 Å². The molecule has 0 saturated carbocycles. The zero-order valence-corrected chi connectivity index (χ0v) is 13.9. The number of hydrogen-bond acceptors (Lipinski definition) is 2. The molecule has 4 nitrogen and oxygen atoms in total. The van der Waals surface area contributed by atoms with Crippen molar-refractivity contribution in [2.75, 3.05) is 26.2 Å². The minimum Gasteiger partial charge on any atom is -0.337 e. The molecule has 1 saturated heterocycles. The van der Waals surface area contributed by atoms with Crippen LogP contribution in [0, 0.1) is 17.5 Å². The number of nitrogens with zero attached hydrogens (tertiary/aromatic N) is 2. The molecular formula is C19H17F3N2O2. The summed E-state index contributed by atoms with van der Waals surface area (Å²) in [6.45, 7) is 1.32. The number of amides is 2. The van der Waals surface area contributed by atoms with E-state index in [0.717, 1.165) is 12.1 Å². The van der Waals surface area contributed by atoms with Crippen LogP contribution in [0.1, 0.15) is 27.1 Å². The van der Waals surface area contributed by atoms with Crippen molar-refractivity contribution in [3.8, 4) is 0 Å². The zero-order valence-electron chi connectivity index (χ0n) is 13.9. The third-order valence-electron chi connectivity index (χ3n) is 4.32. The largest absolute Gasteiger partial charge is 0.337 e. The van der Waals surface area contributed by atoms with Crippen LogP contribution in [-0.4, -0.2) is 47.8 Å². The maximum absolute atomic E-state index is 13.8. The van der Waals surface area contributed by atoms with Crippen molar-refractivity contribution in [1.82, 2.24) is 9.80 Å². The van der Waals surface area contributed by atoms with Crippen LogP contribution < -0.4 is 0 Å². The molecule has 3 rings (SSSR count). The van der Waals surface area contributed by atoms with Gasteiger partial charge in [-0.1, -0.05) is 0 Å². The molecule has 0 radical (unpaired) electrons. The zero-order chi connectivity index (χ0) is 18.7. The Morgan fingerprint density at radius 1 is 0.731 bits per heavy atom. The van der Waals surface area contributed by atoms with Gasteiger partial charge >= 0.3 is 0 Å². The van der Waals surface area contributed by atoms with Gasteiger partial charge in [0, 0.05) is 37.8 Å². The molecule has 1 aliphatic rings. The Morgan fingerprint density at radius 2 is 1.31 bits per heavy atom. The van der Waals surface area contributed by atoms with Gasteiger partial charge < -0.3 is 9.80 Å². The summed E-state index contributed by atoms with van der Waals surface area (Å²) in [5.41, 5.74) is 0.181. The van der Waals surface area contributed by atoms with Crippen LogP contribution in [0.3, 0.4) is 0 Å². The van der Waals surface area contributed by atoms with Crippen LogP contribution in [0.25, 0.3) is 0 Å². The fraction of sp³-hybridized carbons (Fsp3) is 0.263. The Kier molecular flexibility index (Phi) is 5.25. The Morgan fingerprint density at radius 3 is 1.92 bits per heavy atom. The predicted molar refractivity (Wildman–Crippen MR) is 89.2 cm³/mol. The molecule has 0 unspecified atom stereocenters. The van der Waals surface area contributed by atoms with E-state index < -0.39 is 23.4 Å². The fourth-order valence-electron chi connectivity index (χ4n) is 2.93. The molecule has 0 atom stereocenters. The van der Waals surface area contributed by atoms with E-state index in [0.29, 0.717) is 31.1 Å². The van der Waals surface area contributed by atoms with Gasteiger partial charge in [0.1, 0.15) is 17.5 Å². The SMILES string of the molecule is O=C(c1ccc(F)cc1)N1CCCN(C(=O)c2ccc(F)cc2F)CC1. The summed E-state index contributed by atoms with van der Waals surface area (Å²) in [5.74, 6) is -2.84. The molecule has 0 N–H and O–H groups in total. The molecule has 0 spiro atoms. The molecule has 26 heavy (non-hydrogen) atoms. The topological polar surface area (TPSA) is 40.6 Å². The van der Waals surface area contributed by atoms with Gasteiger partial charge in [-0.15, -0.1) is 0 Å². The van der Waals surface area contributed by atoms with Crippen LogP contribution >= 0.6 is 0 Å². The van der Waals surface area contributed by atoms with Crippen molar-refractivity contribution in [2.24, 2.45) is 0 Å². The number of carbonyl (C=O) groups is 2. The minimum absolute atomic E-state index is 0.190. The molecule has 136 valence electrons. The molecule has 2 aromatic carbocycles. The van der Waals surface area contributed by atoms with E-state index >= 15 is 0 Å². The lowest BCUT2D eigenvalue weighted by atomic mass is 10.1. The van der Waals surface area contributed by atoms with E-state index in [9.17, 15) is 22.8 Å². The van der Waals surface area contributed by atoms with Gasteiger partial charge in [-0.2, -0.15) is 0 Å². The maximum atomic E-state index is 13.8. The highest BCUT2D eigenvalue weighted by Gasteiger charge is 2.25. The number of carbonyl (C=O) groups excluding carboxylic acids is 2. The van der Waals surface area contributed by atoms with Crippen molar-refractivity contribution in [2.45, 2.75) is 6.42 Å². The lowest BCUT2D eigenvalue weighted by Gasteiger charge is -2.22. The van der Waals surface area contributed by atoms with Crippen molar-refractivity contribution < 1.29 is 22.8 Å². The smallest absolute Gasteiger partial charge is 0.256 e. The quantitative estimate of drug-likeness (QED) is 0.824. The van der Waals surface area contributed by atoms with Gasteiger partial charge in [0.2, 0.25) is 0 Å². The molecule has 1 fully saturated rings. The monoisotopic (exact) mass is 362 g/mol. The first-order valence-electron chi connectivity index (χ1n) is 8.25. The number of benzene rings is 2. The molecule has 2 amide bonds. The molecule has 0 aromatic heterocycles. The molecule has 7 heteroatoms. The Balaban J connectivity index is 1.68. The first-order chi connectivity index (χ1) is 12.5. The first-order valence-corrected chi connectivity index (χ1v) is 8.25. The second-order valence-electron chi connectivity index (χ2n) is 6.07. The van der Waals surface area contributed by atoms with Gasteiger partial charge in [-0.3, -0.25) is 9.59 Å². The van der Waals surface area contributed by atoms with E-state index in [1.807, 2.05) is 0 Å². The summed E-state index contributed by atoms with van der Waals surface area (Å²) in [6, 6.07) is 8.11. The Hall–Kier alpha value is -2.83. The number of halogens is 3. The molecule has 1 aliphatic heterocycles. The van der Waals surface area contributed by atoms with E-state index in [4.69, 9.17) is 0 Å². The third-order valence-corrected chi connectivity index (χ3v) is 4.32. The van der Waals surface area contributed by atoms with Crippen molar-refractivity contribution in [1.29, 1.82) is 0 Å². The van der Waals surface area contributed by atoms with Crippen LogP contribution in [0.4, 0.5) is 13.2 Å². The summed E-state index contributed by atoms with van der Waals surface area (Å²) in [4.78, 5) is 28.0. The van der Waals surface area contributed by atoms with E-state index in [2.05, 4.69) is 0 Å². The standard InChI is InChI=1S/C19H17F3N2O2/c20-14-4-2-13(3-5-14)18(25)23-8-1-9-24(11-10-23)19(26)16-7-6-15(21)12-17(16)22/h2-7,12H,1,8-11H2. The highest BCUT2D eigenvalue weighted by atomic mass is 19.1. The minimum atomic E-state index is -0.904.